The van der Waals surface area contributed by atoms with E-state index >= 15 is 0 Å². The molecule has 2 aromatic carbocycles. The average molecular weight is 366 g/mol. The number of carbonyl (C=O) groups is 2. The maximum atomic E-state index is 12.5. The maximum Gasteiger partial charge on any atom is 0.223 e. The van der Waals surface area contributed by atoms with Gasteiger partial charge in [-0.15, -0.1) is 0 Å². The van der Waals surface area contributed by atoms with Gasteiger partial charge in [0.05, 0.1) is 7.11 Å². The topological polar surface area (TPSA) is 49.9 Å². The Balaban J connectivity index is 1.48. The SMILES string of the molecule is COc1cccc(N2CCN(C(=O)CCC(=O)c3ccc(C)cc3)CC2)c1. The fourth-order valence-corrected chi connectivity index (χ4v) is 3.28. The Bertz CT molecular complexity index is 793. The van der Waals surface area contributed by atoms with Crippen molar-refractivity contribution in [2.24, 2.45) is 0 Å². The number of ketones is 1. The number of ether oxygens (including phenoxy) is 1. The van der Waals surface area contributed by atoms with E-state index in [9.17, 15) is 9.59 Å². The highest BCUT2D eigenvalue weighted by atomic mass is 16.5. The molecule has 1 aliphatic rings. The van der Waals surface area contributed by atoms with E-state index in [4.69, 9.17) is 4.74 Å². The minimum Gasteiger partial charge on any atom is -0.497 e. The largest absolute Gasteiger partial charge is 0.497 e. The summed E-state index contributed by atoms with van der Waals surface area (Å²) >= 11 is 0. The molecule has 0 spiro atoms. The number of benzene rings is 2. The molecule has 1 aliphatic heterocycles. The van der Waals surface area contributed by atoms with Crippen molar-refractivity contribution >= 4 is 17.4 Å². The number of aryl methyl sites for hydroxylation is 1. The molecule has 2 aromatic rings. The molecule has 27 heavy (non-hydrogen) atoms. The second-order valence-electron chi connectivity index (χ2n) is 6.86. The van der Waals surface area contributed by atoms with Crippen LogP contribution in [0.25, 0.3) is 0 Å². The molecule has 5 heteroatoms. The normalized spacial score (nSPS) is 14.1. The van der Waals surface area contributed by atoms with Gasteiger partial charge in [-0.2, -0.15) is 0 Å². The molecule has 3 rings (SSSR count). The van der Waals surface area contributed by atoms with Crippen LogP contribution in [0.1, 0.15) is 28.8 Å². The third-order valence-electron chi connectivity index (χ3n) is 4.99. The van der Waals surface area contributed by atoms with Gasteiger partial charge in [-0.1, -0.05) is 35.9 Å². The van der Waals surface area contributed by atoms with Gasteiger partial charge in [0.2, 0.25) is 5.91 Å². The quantitative estimate of drug-likeness (QED) is 0.736. The van der Waals surface area contributed by atoms with Crippen molar-refractivity contribution in [3.05, 3.63) is 59.7 Å². The Morgan fingerprint density at radius 2 is 1.67 bits per heavy atom. The van der Waals surface area contributed by atoms with Crippen LogP contribution in [0.15, 0.2) is 48.5 Å². The molecular weight excluding hydrogens is 340 g/mol. The van der Waals surface area contributed by atoms with Crippen molar-refractivity contribution in [2.75, 3.05) is 38.2 Å². The standard InChI is InChI=1S/C22H26N2O3/c1-17-6-8-18(9-7-17)21(25)10-11-22(26)24-14-12-23(13-15-24)19-4-3-5-20(16-19)27-2/h3-9,16H,10-15H2,1-2H3. The zero-order valence-electron chi connectivity index (χ0n) is 16.0. The molecule has 0 atom stereocenters. The second kappa shape index (κ2) is 8.71. The molecule has 0 radical (unpaired) electrons. The lowest BCUT2D eigenvalue weighted by atomic mass is 10.0. The van der Waals surface area contributed by atoms with Gasteiger partial charge in [-0.25, -0.2) is 0 Å². The lowest BCUT2D eigenvalue weighted by Crippen LogP contribution is -2.48. The van der Waals surface area contributed by atoms with Crippen molar-refractivity contribution in [3.63, 3.8) is 0 Å². The summed E-state index contributed by atoms with van der Waals surface area (Å²) in [7, 11) is 1.66. The van der Waals surface area contributed by atoms with Crippen LogP contribution in [-0.2, 0) is 4.79 Å². The van der Waals surface area contributed by atoms with Gasteiger partial charge in [0.15, 0.2) is 5.78 Å². The van der Waals surface area contributed by atoms with Crippen LogP contribution in [0.2, 0.25) is 0 Å². The number of nitrogens with zero attached hydrogens (tertiary/aromatic N) is 2. The number of Topliss-reactive ketones (excluding diaryl/α,β-unsaturated/α-hetero) is 1. The van der Waals surface area contributed by atoms with E-state index in [0.29, 0.717) is 18.7 Å². The van der Waals surface area contributed by atoms with Gasteiger partial charge < -0.3 is 14.5 Å². The van der Waals surface area contributed by atoms with Crippen molar-refractivity contribution < 1.29 is 14.3 Å². The number of carbonyl (C=O) groups excluding carboxylic acids is 2. The fraction of sp³-hybridized carbons (Fsp3) is 0.364. The van der Waals surface area contributed by atoms with Gasteiger partial charge in [0.1, 0.15) is 5.75 Å². The van der Waals surface area contributed by atoms with E-state index < -0.39 is 0 Å². The molecule has 0 aliphatic carbocycles. The number of anilines is 1. The lowest BCUT2D eigenvalue weighted by Gasteiger charge is -2.36. The first-order valence-corrected chi connectivity index (χ1v) is 9.33. The first kappa shape index (κ1) is 19.0. The number of piperazine rings is 1. The summed E-state index contributed by atoms with van der Waals surface area (Å²) < 4.78 is 5.28. The van der Waals surface area contributed by atoms with Gasteiger partial charge in [-0.3, -0.25) is 9.59 Å². The van der Waals surface area contributed by atoms with Crippen molar-refractivity contribution in [1.29, 1.82) is 0 Å². The van der Waals surface area contributed by atoms with Crippen molar-refractivity contribution in [1.82, 2.24) is 4.90 Å². The summed E-state index contributed by atoms with van der Waals surface area (Å²) in [5.74, 6) is 0.916. The minimum absolute atomic E-state index is 0.0263. The van der Waals surface area contributed by atoms with E-state index in [0.717, 1.165) is 30.1 Å². The highest BCUT2D eigenvalue weighted by molar-refractivity contribution is 5.98. The summed E-state index contributed by atoms with van der Waals surface area (Å²) in [4.78, 5) is 28.8. The molecule has 0 aromatic heterocycles. The summed E-state index contributed by atoms with van der Waals surface area (Å²) in [6.45, 7) is 4.90. The van der Waals surface area contributed by atoms with E-state index in [-0.39, 0.29) is 24.5 Å². The van der Waals surface area contributed by atoms with E-state index in [1.54, 1.807) is 7.11 Å². The predicted molar refractivity (Wildman–Crippen MR) is 107 cm³/mol. The number of hydrogen-bond acceptors (Lipinski definition) is 4. The van der Waals surface area contributed by atoms with Gasteiger partial charge >= 0.3 is 0 Å². The maximum absolute atomic E-state index is 12.5. The molecule has 0 saturated carbocycles. The Hall–Kier alpha value is -2.82. The molecule has 1 fully saturated rings. The summed E-state index contributed by atoms with van der Waals surface area (Å²) in [5, 5.41) is 0. The molecule has 0 bridgehead atoms. The summed E-state index contributed by atoms with van der Waals surface area (Å²) in [6, 6.07) is 15.5. The second-order valence-corrected chi connectivity index (χ2v) is 6.86. The number of hydrogen-bond donors (Lipinski definition) is 0. The van der Waals surface area contributed by atoms with Gasteiger partial charge in [0.25, 0.3) is 0 Å². The Morgan fingerprint density at radius 3 is 2.33 bits per heavy atom. The van der Waals surface area contributed by atoms with Crippen LogP contribution in [0, 0.1) is 6.92 Å². The average Bonchev–Trinajstić information content (AvgIpc) is 2.72. The number of amides is 1. The Morgan fingerprint density at radius 1 is 0.963 bits per heavy atom. The number of methoxy groups -OCH3 is 1. The first-order chi connectivity index (χ1) is 13.1. The van der Waals surface area contributed by atoms with Crippen LogP contribution in [0.5, 0.6) is 5.75 Å². The zero-order chi connectivity index (χ0) is 19.2. The predicted octanol–water partition coefficient (Wildman–Crippen LogP) is 3.32. The molecule has 0 unspecified atom stereocenters. The molecule has 1 amide bonds. The smallest absolute Gasteiger partial charge is 0.223 e. The molecular formula is C22H26N2O3. The lowest BCUT2D eigenvalue weighted by molar-refractivity contribution is -0.131. The van der Waals surface area contributed by atoms with E-state index in [1.807, 2.05) is 54.3 Å². The van der Waals surface area contributed by atoms with Crippen LogP contribution < -0.4 is 9.64 Å². The fourth-order valence-electron chi connectivity index (χ4n) is 3.28. The van der Waals surface area contributed by atoms with Crippen LogP contribution in [0.3, 0.4) is 0 Å². The minimum atomic E-state index is 0.0263. The van der Waals surface area contributed by atoms with Crippen LogP contribution in [0.4, 0.5) is 5.69 Å². The van der Waals surface area contributed by atoms with E-state index in [1.165, 1.54) is 0 Å². The molecule has 1 heterocycles. The van der Waals surface area contributed by atoms with Crippen LogP contribution >= 0.6 is 0 Å². The number of rotatable bonds is 6. The zero-order valence-corrected chi connectivity index (χ0v) is 16.0. The molecule has 0 N–H and O–H groups in total. The first-order valence-electron chi connectivity index (χ1n) is 9.33. The molecule has 1 saturated heterocycles. The summed E-state index contributed by atoms with van der Waals surface area (Å²) in [5.41, 5.74) is 2.91. The van der Waals surface area contributed by atoms with Crippen molar-refractivity contribution in [2.45, 2.75) is 19.8 Å². The molecule has 5 nitrogen and oxygen atoms in total. The Labute approximate surface area is 160 Å². The third kappa shape index (κ3) is 4.88. The van der Waals surface area contributed by atoms with E-state index in [2.05, 4.69) is 11.0 Å². The molecule has 142 valence electrons. The monoisotopic (exact) mass is 366 g/mol. The van der Waals surface area contributed by atoms with Gasteiger partial charge in [0, 0.05) is 56.3 Å². The highest BCUT2D eigenvalue weighted by Crippen LogP contribution is 2.22. The van der Waals surface area contributed by atoms with Gasteiger partial charge in [-0.05, 0) is 19.1 Å². The Kier molecular flexibility index (Phi) is 6.12. The summed E-state index contributed by atoms with van der Waals surface area (Å²) in [6.07, 6.45) is 0.532. The van der Waals surface area contributed by atoms with Crippen molar-refractivity contribution in [3.8, 4) is 5.75 Å². The third-order valence-corrected chi connectivity index (χ3v) is 4.99. The van der Waals surface area contributed by atoms with Crippen LogP contribution in [-0.4, -0.2) is 49.9 Å². The highest BCUT2D eigenvalue weighted by Gasteiger charge is 2.22.